The van der Waals surface area contributed by atoms with Crippen LogP contribution in [-0.2, 0) is 0 Å². The number of methoxy groups -OCH3 is 1. The second-order valence-electron chi connectivity index (χ2n) is 4.38. The molecule has 1 aliphatic carbocycles. The van der Waals surface area contributed by atoms with E-state index in [9.17, 15) is 4.79 Å². The van der Waals surface area contributed by atoms with Gasteiger partial charge in [-0.3, -0.25) is 4.79 Å². The average molecular weight is 299 g/mol. The molecule has 0 spiro atoms. The van der Waals surface area contributed by atoms with Crippen LogP contribution in [0, 0.1) is 5.41 Å². The molecule has 0 aliphatic heterocycles. The number of aromatic nitrogens is 1. The van der Waals surface area contributed by atoms with Crippen molar-refractivity contribution in [2.45, 2.75) is 12.8 Å². The van der Waals surface area contributed by atoms with Gasteiger partial charge in [0.05, 0.1) is 7.11 Å². The summed E-state index contributed by atoms with van der Waals surface area (Å²) in [6, 6.07) is 3.45. The Bertz CT molecular complexity index is 419. The molecule has 0 unspecified atom stereocenters. The molecule has 92 valence electrons. The highest BCUT2D eigenvalue weighted by molar-refractivity contribution is 9.09. The molecule has 5 heteroatoms. The Morgan fingerprint density at radius 1 is 1.65 bits per heavy atom. The summed E-state index contributed by atoms with van der Waals surface area (Å²) >= 11 is 3.48. The third kappa shape index (κ3) is 2.77. The van der Waals surface area contributed by atoms with Gasteiger partial charge in [-0.05, 0) is 30.4 Å². The quantitative estimate of drug-likeness (QED) is 0.846. The lowest BCUT2D eigenvalue weighted by Gasteiger charge is -2.13. The molecule has 4 nitrogen and oxygen atoms in total. The van der Waals surface area contributed by atoms with Crippen molar-refractivity contribution < 1.29 is 9.53 Å². The predicted octanol–water partition coefficient (Wildman–Crippen LogP) is 2.00. The maximum Gasteiger partial charge on any atom is 0.256 e. The number of halogens is 1. The normalized spacial score (nSPS) is 16.4. The third-order valence-corrected chi connectivity index (χ3v) is 4.26. The Hall–Kier alpha value is -1.10. The molecule has 1 aliphatic rings. The van der Waals surface area contributed by atoms with Crippen molar-refractivity contribution in [3.63, 3.8) is 0 Å². The molecule has 0 radical (unpaired) electrons. The number of hydrogen-bond acceptors (Lipinski definition) is 3. The molecular formula is C12H15BrN2O2. The van der Waals surface area contributed by atoms with Gasteiger partial charge in [-0.1, -0.05) is 15.9 Å². The number of nitrogens with zero attached hydrogens (tertiary/aromatic N) is 1. The largest absolute Gasteiger partial charge is 0.480 e. The number of pyridine rings is 1. The first-order valence-electron chi connectivity index (χ1n) is 5.54. The van der Waals surface area contributed by atoms with Gasteiger partial charge in [0, 0.05) is 18.1 Å². The first-order valence-corrected chi connectivity index (χ1v) is 6.66. The fourth-order valence-electron chi connectivity index (χ4n) is 1.62. The Balaban J connectivity index is 1.99. The van der Waals surface area contributed by atoms with Gasteiger partial charge in [-0.25, -0.2) is 4.98 Å². The number of rotatable bonds is 5. The molecule has 1 saturated carbocycles. The van der Waals surface area contributed by atoms with Gasteiger partial charge in [-0.15, -0.1) is 0 Å². The predicted molar refractivity (Wildman–Crippen MR) is 68.6 cm³/mol. The summed E-state index contributed by atoms with van der Waals surface area (Å²) in [5, 5.41) is 3.87. The number of carbonyl (C=O) groups is 1. The summed E-state index contributed by atoms with van der Waals surface area (Å²) in [6.45, 7) is 0.704. The Morgan fingerprint density at radius 3 is 3.00 bits per heavy atom. The number of alkyl halides is 1. The maximum atomic E-state index is 12.0. The first-order chi connectivity index (χ1) is 8.21. The van der Waals surface area contributed by atoms with E-state index in [2.05, 4.69) is 26.2 Å². The number of nitrogens with one attached hydrogen (secondary N) is 1. The maximum absolute atomic E-state index is 12.0. The zero-order valence-electron chi connectivity index (χ0n) is 9.70. The lowest BCUT2D eigenvalue weighted by atomic mass is 10.1. The van der Waals surface area contributed by atoms with Crippen LogP contribution in [0.15, 0.2) is 18.3 Å². The molecule has 1 amide bonds. The number of ether oxygens (including phenoxy) is 1. The molecule has 0 saturated heterocycles. The van der Waals surface area contributed by atoms with Crippen LogP contribution in [0.3, 0.4) is 0 Å². The van der Waals surface area contributed by atoms with E-state index in [1.165, 1.54) is 20.0 Å². The van der Waals surface area contributed by atoms with Crippen molar-refractivity contribution in [1.82, 2.24) is 10.3 Å². The van der Waals surface area contributed by atoms with E-state index >= 15 is 0 Å². The second-order valence-corrected chi connectivity index (χ2v) is 4.94. The molecule has 0 aromatic carbocycles. The average Bonchev–Trinajstić information content (AvgIpc) is 3.16. The molecule has 1 heterocycles. The first kappa shape index (κ1) is 12.4. The lowest BCUT2D eigenvalue weighted by Crippen LogP contribution is -2.31. The second kappa shape index (κ2) is 5.04. The summed E-state index contributed by atoms with van der Waals surface area (Å²) in [7, 11) is 1.51. The van der Waals surface area contributed by atoms with E-state index in [1.807, 2.05) is 0 Å². The van der Waals surface area contributed by atoms with Crippen LogP contribution < -0.4 is 10.1 Å². The lowest BCUT2D eigenvalue weighted by molar-refractivity contribution is 0.0943. The van der Waals surface area contributed by atoms with E-state index in [1.54, 1.807) is 18.3 Å². The van der Waals surface area contributed by atoms with Crippen LogP contribution in [0.4, 0.5) is 0 Å². The SMILES string of the molecule is COc1ncccc1C(=O)NCC1(CBr)CC1. The van der Waals surface area contributed by atoms with Crippen molar-refractivity contribution in [2.75, 3.05) is 19.0 Å². The molecule has 0 atom stereocenters. The van der Waals surface area contributed by atoms with Crippen LogP contribution in [0.1, 0.15) is 23.2 Å². The Kier molecular flexibility index (Phi) is 3.66. The zero-order chi connectivity index (χ0) is 12.3. The summed E-state index contributed by atoms with van der Waals surface area (Å²) in [6.07, 6.45) is 3.95. The van der Waals surface area contributed by atoms with Gasteiger partial charge < -0.3 is 10.1 Å². The van der Waals surface area contributed by atoms with E-state index in [4.69, 9.17) is 4.74 Å². The van der Waals surface area contributed by atoms with Crippen molar-refractivity contribution >= 4 is 21.8 Å². The van der Waals surface area contributed by atoms with Gasteiger partial charge >= 0.3 is 0 Å². The highest BCUT2D eigenvalue weighted by atomic mass is 79.9. The molecule has 17 heavy (non-hydrogen) atoms. The zero-order valence-corrected chi connectivity index (χ0v) is 11.3. The summed E-state index contributed by atoms with van der Waals surface area (Å²) in [5.74, 6) is 0.246. The van der Waals surface area contributed by atoms with Gasteiger partial charge in [0.2, 0.25) is 5.88 Å². The van der Waals surface area contributed by atoms with Crippen molar-refractivity contribution in [3.05, 3.63) is 23.9 Å². The molecule has 1 aromatic heterocycles. The van der Waals surface area contributed by atoms with E-state index in [0.29, 0.717) is 18.0 Å². The third-order valence-electron chi connectivity index (χ3n) is 3.07. The molecule has 2 rings (SSSR count). The number of amides is 1. The van der Waals surface area contributed by atoms with Crippen LogP contribution in [0.2, 0.25) is 0 Å². The molecule has 0 bridgehead atoms. The van der Waals surface area contributed by atoms with Gasteiger partial charge in [0.25, 0.3) is 5.91 Å². The molecular weight excluding hydrogens is 284 g/mol. The highest BCUT2D eigenvalue weighted by Gasteiger charge is 2.41. The summed E-state index contributed by atoms with van der Waals surface area (Å²) in [4.78, 5) is 16.0. The van der Waals surface area contributed by atoms with Gasteiger partial charge in [0.1, 0.15) is 5.56 Å². The van der Waals surface area contributed by atoms with Crippen LogP contribution in [-0.4, -0.2) is 29.9 Å². The van der Waals surface area contributed by atoms with E-state index < -0.39 is 0 Å². The van der Waals surface area contributed by atoms with Crippen molar-refractivity contribution in [1.29, 1.82) is 0 Å². The summed E-state index contributed by atoms with van der Waals surface area (Å²) < 4.78 is 5.06. The minimum atomic E-state index is -0.123. The van der Waals surface area contributed by atoms with Gasteiger partial charge in [0.15, 0.2) is 0 Å². The fourth-order valence-corrected chi connectivity index (χ4v) is 2.38. The van der Waals surface area contributed by atoms with Gasteiger partial charge in [-0.2, -0.15) is 0 Å². The van der Waals surface area contributed by atoms with Crippen LogP contribution in [0.5, 0.6) is 5.88 Å². The smallest absolute Gasteiger partial charge is 0.256 e. The molecule has 1 N–H and O–H groups in total. The minimum absolute atomic E-state index is 0.123. The topological polar surface area (TPSA) is 51.2 Å². The minimum Gasteiger partial charge on any atom is -0.480 e. The Morgan fingerprint density at radius 2 is 2.41 bits per heavy atom. The van der Waals surface area contributed by atoms with Crippen molar-refractivity contribution in [3.8, 4) is 5.88 Å². The number of hydrogen-bond donors (Lipinski definition) is 1. The van der Waals surface area contributed by atoms with Crippen LogP contribution >= 0.6 is 15.9 Å². The van der Waals surface area contributed by atoms with Crippen LogP contribution in [0.25, 0.3) is 0 Å². The fraction of sp³-hybridized carbons (Fsp3) is 0.500. The molecule has 1 fully saturated rings. The van der Waals surface area contributed by atoms with E-state index in [0.717, 1.165) is 5.33 Å². The monoisotopic (exact) mass is 298 g/mol. The number of carbonyl (C=O) groups excluding carboxylic acids is 1. The highest BCUT2D eigenvalue weighted by Crippen LogP contribution is 2.46. The standard InChI is InChI=1S/C12H15BrN2O2/c1-17-11-9(3-2-6-14-11)10(16)15-8-12(7-13)4-5-12/h2-3,6H,4-5,7-8H2,1H3,(H,15,16). The van der Waals surface area contributed by atoms with E-state index in [-0.39, 0.29) is 11.3 Å². The summed E-state index contributed by atoms with van der Waals surface area (Å²) in [5.41, 5.74) is 0.755. The van der Waals surface area contributed by atoms with Crippen molar-refractivity contribution in [2.24, 2.45) is 5.41 Å². The Labute approximate surface area is 109 Å². The molecule has 1 aromatic rings.